The zero-order chi connectivity index (χ0) is 17.8. The fraction of sp³-hybridized carbons (Fsp3) is 0.316. The van der Waals surface area contributed by atoms with E-state index in [9.17, 15) is 4.79 Å². The second kappa shape index (κ2) is 7.44. The first-order chi connectivity index (χ1) is 12.2. The fourth-order valence-electron chi connectivity index (χ4n) is 3.03. The van der Waals surface area contributed by atoms with Crippen molar-refractivity contribution < 1.29 is 19.0 Å². The quantitative estimate of drug-likeness (QED) is 0.925. The van der Waals surface area contributed by atoms with Gasteiger partial charge in [-0.3, -0.25) is 4.79 Å². The molecule has 25 heavy (non-hydrogen) atoms. The molecule has 1 amide bonds. The summed E-state index contributed by atoms with van der Waals surface area (Å²) in [5, 5.41) is 3.34. The Balaban J connectivity index is 2.04. The fourth-order valence-corrected chi connectivity index (χ4v) is 3.03. The molecule has 2 aromatic rings. The minimum Gasteiger partial charge on any atom is -0.493 e. The highest BCUT2D eigenvalue weighted by Crippen LogP contribution is 2.39. The van der Waals surface area contributed by atoms with Crippen molar-refractivity contribution in [3.63, 3.8) is 0 Å². The normalized spacial score (nSPS) is 13.6. The molecule has 0 aliphatic carbocycles. The first kappa shape index (κ1) is 17.1. The molecule has 0 saturated heterocycles. The van der Waals surface area contributed by atoms with Gasteiger partial charge in [-0.05, 0) is 23.8 Å². The van der Waals surface area contributed by atoms with E-state index >= 15 is 0 Å². The van der Waals surface area contributed by atoms with Crippen LogP contribution in [0.5, 0.6) is 17.2 Å². The molecule has 1 aliphatic rings. The average Bonchev–Trinajstić information content (AvgIpc) is 2.88. The molecule has 0 radical (unpaired) electrons. The van der Waals surface area contributed by atoms with Crippen LogP contribution in [-0.4, -0.2) is 40.3 Å². The molecule has 2 aromatic carbocycles. The summed E-state index contributed by atoms with van der Waals surface area (Å²) in [5.41, 5.74) is 2.51. The SMILES string of the molecule is COc1cc(C(=O)N2CCNCc3ccccc32)cc(OC)c1OC. The first-order valence-corrected chi connectivity index (χ1v) is 8.10. The highest BCUT2D eigenvalue weighted by molar-refractivity contribution is 6.07. The van der Waals surface area contributed by atoms with Crippen molar-refractivity contribution in [3.8, 4) is 17.2 Å². The molecular weight excluding hydrogens is 320 g/mol. The lowest BCUT2D eigenvalue weighted by atomic mass is 10.1. The van der Waals surface area contributed by atoms with Gasteiger partial charge in [0.25, 0.3) is 5.91 Å². The maximum Gasteiger partial charge on any atom is 0.258 e. The Morgan fingerprint density at radius 2 is 1.72 bits per heavy atom. The van der Waals surface area contributed by atoms with E-state index in [0.29, 0.717) is 29.4 Å². The summed E-state index contributed by atoms with van der Waals surface area (Å²) in [6.45, 7) is 2.06. The van der Waals surface area contributed by atoms with Crippen LogP contribution < -0.4 is 24.4 Å². The van der Waals surface area contributed by atoms with E-state index in [1.165, 1.54) is 14.2 Å². The van der Waals surface area contributed by atoms with Crippen molar-refractivity contribution in [2.45, 2.75) is 6.54 Å². The van der Waals surface area contributed by atoms with Gasteiger partial charge in [-0.15, -0.1) is 0 Å². The van der Waals surface area contributed by atoms with Gasteiger partial charge in [-0.1, -0.05) is 18.2 Å². The Labute approximate surface area is 147 Å². The predicted molar refractivity (Wildman–Crippen MR) is 95.9 cm³/mol. The van der Waals surface area contributed by atoms with E-state index in [1.807, 2.05) is 24.3 Å². The molecule has 6 nitrogen and oxygen atoms in total. The number of carbonyl (C=O) groups excluding carboxylic acids is 1. The second-order valence-electron chi connectivity index (χ2n) is 5.68. The summed E-state index contributed by atoms with van der Waals surface area (Å²) in [6.07, 6.45) is 0. The van der Waals surface area contributed by atoms with Gasteiger partial charge < -0.3 is 24.4 Å². The van der Waals surface area contributed by atoms with Crippen molar-refractivity contribution in [3.05, 3.63) is 47.5 Å². The molecular formula is C19H22N2O4. The Bertz CT molecular complexity index is 751. The van der Waals surface area contributed by atoms with Crippen LogP contribution >= 0.6 is 0 Å². The Kier molecular flexibility index (Phi) is 5.09. The Hall–Kier alpha value is -2.73. The van der Waals surface area contributed by atoms with E-state index < -0.39 is 0 Å². The summed E-state index contributed by atoms with van der Waals surface area (Å²) in [6, 6.07) is 11.3. The molecule has 0 bridgehead atoms. The molecule has 3 rings (SSSR count). The van der Waals surface area contributed by atoms with Crippen molar-refractivity contribution >= 4 is 11.6 Å². The minimum absolute atomic E-state index is 0.101. The van der Waals surface area contributed by atoms with Gasteiger partial charge >= 0.3 is 0 Å². The lowest BCUT2D eigenvalue weighted by molar-refractivity contribution is 0.0986. The molecule has 0 saturated carbocycles. The highest BCUT2D eigenvalue weighted by atomic mass is 16.5. The maximum absolute atomic E-state index is 13.2. The van der Waals surface area contributed by atoms with Crippen LogP contribution in [0.25, 0.3) is 0 Å². The number of ether oxygens (including phenoxy) is 3. The zero-order valence-electron chi connectivity index (χ0n) is 14.7. The summed E-state index contributed by atoms with van der Waals surface area (Å²) >= 11 is 0. The Morgan fingerprint density at radius 3 is 2.36 bits per heavy atom. The van der Waals surface area contributed by atoms with E-state index in [0.717, 1.165) is 24.3 Å². The molecule has 1 aliphatic heterocycles. The van der Waals surface area contributed by atoms with Crippen LogP contribution in [0.3, 0.4) is 0 Å². The van der Waals surface area contributed by atoms with Gasteiger partial charge in [0.1, 0.15) is 0 Å². The van der Waals surface area contributed by atoms with Crippen molar-refractivity contribution in [2.24, 2.45) is 0 Å². The van der Waals surface area contributed by atoms with Gasteiger partial charge in [0.05, 0.1) is 21.3 Å². The zero-order valence-corrected chi connectivity index (χ0v) is 14.7. The largest absolute Gasteiger partial charge is 0.493 e. The molecule has 0 atom stereocenters. The standard InChI is InChI=1S/C19H22N2O4/c1-23-16-10-14(11-17(24-2)18(16)25-3)19(22)21-9-8-20-12-13-6-4-5-7-15(13)21/h4-7,10-11,20H,8-9,12H2,1-3H3. The summed E-state index contributed by atoms with van der Waals surface area (Å²) in [5.74, 6) is 1.30. The van der Waals surface area contributed by atoms with Crippen LogP contribution in [0.2, 0.25) is 0 Å². The lowest BCUT2D eigenvalue weighted by Gasteiger charge is -2.23. The van der Waals surface area contributed by atoms with Crippen LogP contribution in [-0.2, 0) is 6.54 Å². The number of hydrogen-bond acceptors (Lipinski definition) is 5. The molecule has 0 aromatic heterocycles. The topological polar surface area (TPSA) is 60.0 Å². The second-order valence-corrected chi connectivity index (χ2v) is 5.68. The molecule has 132 valence electrons. The van der Waals surface area contributed by atoms with Crippen LogP contribution in [0, 0.1) is 0 Å². The first-order valence-electron chi connectivity index (χ1n) is 8.10. The Morgan fingerprint density at radius 1 is 1.04 bits per heavy atom. The summed E-state index contributed by atoms with van der Waals surface area (Å²) in [7, 11) is 4.62. The number of amides is 1. The number of rotatable bonds is 4. The van der Waals surface area contributed by atoms with Crippen LogP contribution in [0.15, 0.2) is 36.4 Å². The van der Waals surface area contributed by atoms with Crippen molar-refractivity contribution in [2.75, 3.05) is 39.3 Å². The maximum atomic E-state index is 13.2. The van der Waals surface area contributed by atoms with Crippen LogP contribution in [0.1, 0.15) is 15.9 Å². The lowest BCUT2D eigenvalue weighted by Crippen LogP contribution is -2.34. The molecule has 0 fully saturated rings. The number of anilines is 1. The number of nitrogens with one attached hydrogen (secondary N) is 1. The number of nitrogens with zero attached hydrogens (tertiary/aromatic N) is 1. The van der Waals surface area contributed by atoms with Gasteiger partial charge in [0.15, 0.2) is 11.5 Å². The molecule has 1 heterocycles. The number of fused-ring (bicyclic) bond motifs is 1. The average molecular weight is 342 g/mol. The molecule has 6 heteroatoms. The number of carbonyl (C=O) groups is 1. The predicted octanol–water partition coefficient (Wildman–Crippen LogP) is 2.46. The monoisotopic (exact) mass is 342 g/mol. The van der Waals surface area contributed by atoms with E-state index in [2.05, 4.69) is 5.32 Å². The van der Waals surface area contributed by atoms with Gasteiger partial charge in [0, 0.05) is 30.9 Å². The summed E-state index contributed by atoms with van der Waals surface area (Å²) < 4.78 is 16.1. The van der Waals surface area contributed by atoms with E-state index in [1.54, 1.807) is 24.1 Å². The van der Waals surface area contributed by atoms with Gasteiger partial charge in [0.2, 0.25) is 5.75 Å². The number of hydrogen-bond donors (Lipinski definition) is 1. The molecule has 0 spiro atoms. The van der Waals surface area contributed by atoms with Gasteiger partial charge in [-0.25, -0.2) is 0 Å². The van der Waals surface area contributed by atoms with E-state index in [4.69, 9.17) is 14.2 Å². The smallest absolute Gasteiger partial charge is 0.258 e. The third kappa shape index (κ3) is 3.25. The third-order valence-electron chi connectivity index (χ3n) is 4.27. The third-order valence-corrected chi connectivity index (χ3v) is 4.27. The number of methoxy groups -OCH3 is 3. The molecule has 1 N–H and O–H groups in total. The van der Waals surface area contributed by atoms with Crippen molar-refractivity contribution in [1.82, 2.24) is 5.32 Å². The van der Waals surface area contributed by atoms with Crippen LogP contribution in [0.4, 0.5) is 5.69 Å². The number of para-hydroxylation sites is 1. The summed E-state index contributed by atoms with van der Waals surface area (Å²) in [4.78, 5) is 15.0. The van der Waals surface area contributed by atoms with E-state index in [-0.39, 0.29) is 5.91 Å². The minimum atomic E-state index is -0.101. The highest BCUT2D eigenvalue weighted by Gasteiger charge is 2.24. The van der Waals surface area contributed by atoms with Crippen molar-refractivity contribution in [1.29, 1.82) is 0 Å². The number of benzene rings is 2. The van der Waals surface area contributed by atoms with Gasteiger partial charge in [-0.2, -0.15) is 0 Å². The molecule has 0 unspecified atom stereocenters.